The lowest BCUT2D eigenvalue weighted by molar-refractivity contribution is -0.123. The second-order valence-electron chi connectivity index (χ2n) is 6.30. The number of aliphatic hydroxyl groups is 3. The van der Waals surface area contributed by atoms with Gasteiger partial charge in [0.2, 0.25) is 0 Å². The van der Waals surface area contributed by atoms with Gasteiger partial charge in [0.1, 0.15) is 12.2 Å². The lowest BCUT2D eigenvalue weighted by atomic mass is 10.1. The summed E-state index contributed by atoms with van der Waals surface area (Å²) in [5, 5.41) is 28.3. The molecule has 22 heavy (non-hydrogen) atoms. The summed E-state index contributed by atoms with van der Waals surface area (Å²) in [7, 11) is 0. The van der Waals surface area contributed by atoms with E-state index in [-0.39, 0.29) is 0 Å². The zero-order chi connectivity index (χ0) is 16.2. The van der Waals surface area contributed by atoms with Crippen LogP contribution in [0.5, 0.6) is 0 Å². The highest BCUT2D eigenvalue weighted by Gasteiger charge is 2.41. The van der Waals surface area contributed by atoms with Crippen LogP contribution < -0.4 is 0 Å². The third kappa shape index (κ3) is 8.16. The summed E-state index contributed by atoms with van der Waals surface area (Å²) in [5.41, 5.74) is 0. The maximum Gasteiger partial charge on any atom is 0.183 e. The number of unbranched alkanes of at least 4 members (excludes halogenated alkanes) is 9. The third-order valence-electron chi connectivity index (χ3n) is 4.26. The van der Waals surface area contributed by atoms with Crippen molar-refractivity contribution >= 4 is 11.8 Å². The fourth-order valence-electron chi connectivity index (χ4n) is 2.76. The minimum absolute atomic E-state index is 0.446. The minimum atomic E-state index is -1.24. The summed E-state index contributed by atoms with van der Waals surface area (Å²) < 4.78 is 5.12. The molecule has 1 rings (SSSR count). The van der Waals surface area contributed by atoms with Gasteiger partial charge in [0, 0.05) is 5.75 Å². The van der Waals surface area contributed by atoms with E-state index in [1.165, 1.54) is 64.2 Å². The molecule has 1 aliphatic rings. The predicted molar refractivity (Wildman–Crippen MR) is 92.1 cm³/mol. The van der Waals surface area contributed by atoms with Gasteiger partial charge in [-0.3, -0.25) is 0 Å². The molecule has 1 aliphatic heterocycles. The first kappa shape index (κ1) is 20.2. The highest BCUT2D eigenvalue weighted by atomic mass is 32.2. The molecule has 0 spiro atoms. The Balaban J connectivity index is 1.82. The van der Waals surface area contributed by atoms with E-state index in [0.717, 1.165) is 5.75 Å². The molecule has 1 fully saturated rings. The van der Waals surface area contributed by atoms with E-state index in [9.17, 15) is 15.3 Å². The van der Waals surface area contributed by atoms with E-state index in [4.69, 9.17) is 4.74 Å². The molecule has 0 radical (unpaired) electrons. The van der Waals surface area contributed by atoms with Gasteiger partial charge < -0.3 is 20.1 Å². The molecule has 0 aromatic heterocycles. The second kappa shape index (κ2) is 12.6. The average Bonchev–Trinajstić information content (AvgIpc) is 2.75. The van der Waals surface area contributed by atoms with Crippen LogP contribution in [0.15, 0.2) is 0 Å². The van der Waals surface area contributed by atoms with Gasteiger partial charge in [0.15, 0.2) is 6.29 Å². The molecule has 4 nitrogen and oxygen atoms in total. The first-order chi connectivity index (χ1) is 10.7. The zero-order valence-corrected chi connectivity index (χ0v) is 14.8. The van der Waals surface area contributed by atoms with Crippen molar-refractivity contribution in [2.24, 2.45) is 0 Å². The van der Waals surface area contributed by atoms with Crippen LogP contribution in [0.4, 0.5) is 0 Å². The molecule has 3 N–H and O–H groups in total. The molecule has 5 heteroatoms. The maximum absolute atomic E-state index is 9.66. The van der Waals surface area contributed by atoms with Gasteiger partial charge in [-0.15, -0.1) is 0 Å². The number of ether oxygens (including phenoxy) is 1. The largest absolute Gasteiger partial charge is 0.387 e. The molecule has 4 atom stereocenters. The van der Waals surface area contributed by atoms with Crippen molar-refractivity contribution in [3.63, 3.8) is 0 Å². The number of hydrogen-bond donors (Lipinski definition) is 3. The highest BCUT2D eigenvalue weighted by molar-refractivity contribution is 7.99. The van der Waals surface area contributed by atoms with Gasteiger partial charge in [-0.2, -0.15) is 11.8 Å². The smallest absolute Gasteiger partial charge is 0.183 e. The Morgan fingerprint density at radius 3 is 1.82 bits per heavy atom. The van der Waals surface area contributed by atoms with Gasteiger partial charge in [0.05, 0.1) is 6.10 Å². The fraction of sp³-hybridized carbons (Fsp3) is 1.00. The second-order valence-corrected chi connectivity index (χ2v) is 7.45. The molecule has 0 bridgehead atoms. The molecule has 1 saturated heterocycles. The molecule has 0 aliphatic carbocycles. The van der Waals surface area contributed by atoms with Crippen molar-refractivity contribution in [2.45, 2.75) is 95.7 Å². The summed E-state index contributed by atoms with van der Waals surface area (Å²) in [6, 6.07) is 0. The first-order valence-corrected chi connectivity index (χ1v) is 10.1. The number of thioether (sulfide) groups is 1. The van der Waals surface area contributed by atoms with E-state index in [0.29, 0.717) is 5.75 Å². The number of rotatable bonds is 13. The monoisotopic (exact) mass is 334 g/mol. The van der Waals surface area contributed by atoms with E-state index in [2.05, 4.69) is 6.92 Å². The first-order valence-electron chi connectivity index (χ1n) is 8.94. The topological polar surface area (TPSA) is 69.9 Å². The number of hydrogen-bond acceptors (Lipinski definition) is 5. The van der Waals surface area contributed by atoms with E-state index in [1.807, 2.05) is 0 Å². The van der Waals surface area contributed by atoms with Crippen molar-refractivity contribution in [1.82, 2.24) is 0 Å². The van der Waals surface area contributed by atoms with Gasteiger partial charge in [-0.1, -0.05) is 64.7 Å². The Bertz CT molecular complexity index is 265. The van der Waals surface area contributed by atoms with Gasteiger partial charge in [0.25, 0.3) is 0 Å². The van der Waals surface area contributed by atoms with Crippen LogP contribution in [0.25, 0.3) is 0 Å². The fourth-order valence-corrected chi connectivity index (χ4v) is 3.84. The quantitative estimate of drug-likeness (QED) is 0.452. The zero-order valence-electron chi connectivity index (χ0n) is 14.0. The normalized spacial score (nSPS) is 28.4. The number of aliphatic hydroxyl groups excluding tert-OH is 3. The van der Waals surface area contributed by atoms with Crippen molar-refractivity contribution in [2.75, 3.05) is 11.5 Å². The summed E-state index contributed by atoms with van der Waals surface area (Å²) >= 11 is 1.73. The summed E-state index contributed by atoms with van der Waals surface area (Å²) in [6.45, 7) is 2.25. The Hall–Kier alpha value is 0.190. The van der Waals surface area contributed by atoms with Crippen LogP contribution in [-0.4, -0.2) is 51.4 Å². The van der Waals surface area contributed by atoms with E-state index >= 15 is 0 Å². The Morgan fingerprint density at radius 1 is 0.773 bits per heavy atom. The minimum Gasteiger partial charge on any atom is -0.387 e. The van der Waals surface area contributed by atoms with Crippen LogP contribution in [0.3, 0.4) is 0 Å². The van der Waals surface area contributed by atoms with Crippen molar-refractivity contribution in [3.8, 4) is 0 Å². The molecule has 0 amide bonds. The molecular weight excluding hydrogens is 300 g/mol. The van der Waals surface area contributed by atoms with Gasteiger partial charge >= 0.3 is 0 Å². The van der Waals surface area contributed by atoms with Crippen molar-refractivity contribution in [3.05, 3.63) is 0 Å². The standard InChI is InChI=1S/C17H34O4S/c1-2-3-4-5-6-7-8-9-10-11-12-22-13-14-15(18)16(19)17(20)21-14/h14-20H,2-13H2,1H3/t14-,15+,16-,17?/m1/s1. The summed E-state index contributed by atoms with van der Waals surface area (Å²) in [4.78, 5) is 0. The molecule has 0 saturated carbocycles. The molecule has 1 unspecified atom stereocenters. The Morgan fingerprint density at radius 2 is 1.32 bits per heavy atom. The molecular formula is C17H34O4S. The summed E-state index contributed by atoms with van der Waals surface area (Å²) in [6.07, 6.45) is 9.54. The highest BCUT2D eigenvalue weighted by Crippen LogP contribution is 2.23. The third-order valence-corrected chi connectivity index (χ3v) is 5.40. The summed E-state index contributed by atoms with van der Waals surface area (Å²) in [5.74, 6) is 1.68. The van der Waals surface area contributed by atoms with Gasteiger partial charge in [-0.25, -0.2) is 0 Å². The Kier molecular flexibility index (Phi) is 11.6. The van der Waals surface area contributed by atoms with Crippen LogP contribution in [0.2, 0.25) is 0 Å². The van der Waals surface area contributed by atoms with Crippen LogP contribution >= 0.6 is 11.8 Å². The van der Waals surface area contributed by atoms with Crippen molar-refractivity contribution in [1.29, 1.82) is 0 Å². The lowest BCUT2D eigenvalue weighted by Crippen LogP contribution is -2.33. The van der Waals surface area contributed by atoms with Crippen LogP contribution in [0.1, 0.15) is 71.1 Å². The van der Waals surface area contributed by atoms with Crippen LogP contribution in [0, 0.1) is 0 Å². The molecule has 0 aromatic carbocycles. The van der Waals surface area contributed by atoms with Gasteiger partial charge in [-0.05, 0) is 12.2 Å². The lowest BCUT2D eigenvalue weighted by Gasteiger charge is -2.13. The van der Waals surface area contributed by atoms with Crippen molar-refractivity contribution < 1.29 is 20.1 Å². The molecule has 1 heterocycles. The maximum atomic E-state index is 9.66. The molecule has 132 valence electrons. The molecule has 0 aromatic rings. The predicted octanol–water partition coefficient (Wildman–Crippen LogP) is 3.08. The average molecular weight is 335 g/mol. The Labute approximate surface area is 139 Å². The van der Waals surface area contributed by atoms with E-state index < -0.39 is 24.6 Å². The van der Waals surface area contributed by atoms with E-state index in [1.54, 1.807) is 11.8 Å². The van der Waals surface area contributed by atoms with Crippen LogP contribution in [-0.2, 0) is 4.74 Å². The SMILES string of the molecule is CCCCCCCCCCCCSC[C@H]1OC(O)[C@H](O)[C@H]1O.